The fraction of sp³-hybridized carbons (Fsp3) is 0.588. The predicted octanol–water partition coefficient (Wildman–Crippen LogP) is 5.20. The molecule has 1 nitrogen and oxygen atoms in total. The Morgan fingerprint density at radius 2 is 2.05 bits per heavy atom. The summed E-state index contributed by atoms with van der Waals surface area (Å²) < 4.78 is 14.0. The molecule has 0 N–H and O–H groups in total. The Labute approximate surface area is 124 Å². The largest absolute Gasteiger partial charge is 0.303 e. The first-order chi connectivity index (χ1) is 9.38. The van der Waals surface area contributed by atoms with E-state index in [4.69, 9.17) is 0 Å². The van der Waals surface area contributed by atoms with Crippen LogP contribution in [-0.2, 0) is 10.2 Å². The van der Waals surface area contributed by atoms with Crippen molar-refractivity contribution in [3.05, 3.63) is 35.4 Å². The fourth-order valence-electron chi connectivity index (χ4n) is 2.45. The number of carbonyl (C=O) groups excluding carboxylic acids is 1. The van der Waals surface area contributed by atoms with Crippen molar-refractivity contribution in [1.29, 1.82) is 0 Å². The molecular weight excluding hydrogens is 270 g/mol. The van der Waals surface area contributed by atoms with Gasteiger partial charge < -0.3 is 4.79 Å². The summed E-state index contributed by atoms with van der Waals surface area (Å²) in [5.41, 5.74) is 1.89. The molecule has 0 heterocycles. The van der Waals surface area contributed by atoms with Gasteiger partial charge in [0.05, 0.1) is 0 Å². The summed E-state index contributed by atoms with van der Waals surface area (Å²) >= 11 is 0. The zero-order valence-electron chi connectivity index (χ0n) is 12.7. The molecule has 0 aliphatic carbocycles. The van der Waals surface area contributed by atoms with Gasteiger partial charge in [-0.25, -0.2) is 4.39 Å². The van der Waals surface area contributed by atoms with Crippen molar-refractivity contribution in [3.8, 4) is 0 Å². The van der Waals surface area contributed by atoms with Gasteiger partial charge in [-0.1, -0.05) is 53.8 Å². The number of benzene rings is 1. The van der Waals surface area contributed by atoms with E-state index in [9.17, 15) is 9.18 Å². The van der Waals surface area contributed by atoms with Crippen LogP contribution in [0.4, 0.5) is 4.39 Å². The van der Waals surface area contributed by atoms with Crippen molar-refractivity contribution in [1.82, 2.24) is 0 Å². The van der Waals surface area contributed by atoms with Gasteiger partial charge in [0.15, 0.2) is 0 Å². The van der Waals surface area contributed by atoms with Crippen LogP contribution in [-0.4, -0.2) is 6.29 Å². The lowest BCUT2D eigenvalue weighted by Crippen LogP contribution is -2.08. The van der Waals surface area contributed by atoms with E-state index >= 15 is 0 Å². The van der Waals surface area contributed by atoms with Crippen molar-refractivity contribution in [2.24, 2.45) is 5.92 Å². The Kier molecular flexibility index (Phi) is 6.82. The molecule has 112 valence electrons. The van der Waals surface area contributed by atoms with E-state index in [0.717, 1.165) is 32.0 Å². The number of hydrogen-bond acceptors (Lipinski definition) is 1. The highest BCUT2D eigenvalue weighted by atomic mass is 31.0. The molecule has 0 fully saturated rings. The lowest BCUT2D eigenvalue weighted by molar-refractivity contribution is -0.110. The van der Waals surface area contributed by atoms with Crippen LogP contribution in [0.3, 0.4) is 0 Å². The molecule has 0 aliphatic rings. The summed E-state index contributed by atoms with van der Waals surface area (Å²) in [7, 11) is 2.25. The average molecular weight is 296 g/mol. The third kappa shape index (κ3) is 5.32. The lowest BCUT2D eigenvalue weighted by Gasteiger charge is -2.21. The number of hydrogen-bond donors (Lipinski definition) is 0. The molecule has 0 saturated carbocycles. The number of halogens is 1. The molecule has 1 aromatic rings. The second kappa shape index (κ2) is 7.88. The van der Waals surface area contributed by atoms with Crippen molar-refractivity contribution in [2.45, 2.75) is 57.8 Å². The van der Waals surface area contributed by atoms with Gasteiger partial charge >= 0.3 is 0 Å². The molecule has 4 atom stereocenters. The van der Waals surface area contributed by atoms with Crippen LogP contribution in [0.1, 0.15) is 63.5 Å². The van der Waals surface area contributed by atoms with E-state index in [1.54, 1.807) is 6.92 Å². The normalized spacial score (nSPS) is 17.2. The number of rotatable bonds is 8. The van der Waals surface area contributed by atoms with E-state index in [0.29, 0.717) is 11.5 Å². The molecule has 20 heavy (non-hydrogen) atoms. The zero-order valence-corrected chi connectivity index (χ0v) is 13.9. The van der Waals surface area contributed by atoms with Crippen LogP contribution >= 0.6 is 9.24 Å². The Bertz CT molecular complexity index is 425. The molecule has 0 radical (unpaired) electrons. The zero-order chi connectivity index (χ0) is 15.2. The third-order valence-electron chi connectivity index (χ3n) is 3.76. The third-order valence-corrected chi connectivity index (χ3v) is 4.10. The first-order valence-electron chi connectivity index (χ1n) is 7.42. The molecule has 0 bridgehead atoms. The summed E-state index contributed by atoms with van der Waals surface area (Å²) in [5.74, 6) is 0.514. The summed E-state index contributed by atoms with van der Waals surface area (Å²) in [6.07, 6.45) is 5.07. The Hall–Kier alpha value is -0.750. The summed E-state index contributed by atoms with van der Waals surface area (Å²) in [6, 6.07) is 7.80. The molecule has 1 rings (SSSR count). The second-order valence-electron chi connectivity index (χ2n) is 5.88. The summed E-state index contributed by atoms with van der Waals surface area (Å²) in [6.45, 7) is 5.67. The van der Waals surface area contributed by atoms with Gasteiger partial charge in [0.1, 0.15) is 11.7 Å². The van der Waals surface area contributed by atoms with Gasteiger partial charge in [0.25, 0.3) is 0 Å². The first-order valence-corrected chi connectivity index (χ1v) is 7.99. The van der Waals surface area contributed by atoms with Gasteiger partial charge in [0.2, 0.25) is 0 Å². The smallest absolute Gasteiger partial charge is 0.145 e. The van der Waals surface area contributed by atoms with Crippen LogP contribution in [0, 0.1) is 5.92 Å². The molecule has 0 aromatic heterocycles. The van der Waals surface area contributed by atoms with Crippen LogP contribution in [0.2, 0.25) is 0 Å². The van der Waals surface area contributed by atoms with Gasteiger partial charge in [0, 0.05) is 5.92 Å². The number of aldehydes is 1. The molecule has 0 saturated heterocycles. The average Bonchev–Trinajstić information content (AvgIpc) is 2.42. The lowest BCUT2D eigenvalue weighted by atomic mass is 9.87. The van der Waals surface area contributed by atoms with Gasteiger partial charge in [-0.15, -0.1) is 0 Å². The Morgan fingerprint density at radius 1 is 1.35 bits per heavy atom. The summed E-state index contributed by atoms with van der Waals surface area (Å²) in [4.78, 5) is 10.7. The van der Waals surface area contributed by atoms with Gasteiger partial charge in [-0.3, -0.25) is 0 Å². The van der Waals surface area contributed by atoms with E-state index in [1.165, 1.54) is 5.56 Å². The minimum atomic E-state index is -1.39. The number of carbonyl (C=O) groups is 1. The number of alkyl halides is 1. The van der Waals surface area contributed by atoms with E-state index in [2.05, 4.69) is 22.2 Å². The molecule has 0 amide bonds. The molecular formula is C17H26FOP. The topological polar surface area (TPSA) is 17.1 Å². The van der Waals surface area contributed by atoms with Gasteiger partial charge in [-0.2, -0.15) is 0 Å². The maximum absolute atomic E-state index is 14.0. The highest BCUT2D eigenvalue weighted by molar-refractivity contribution is 7.18. The van der Waals surface area contributed by atoms with Crippen LogP contribution in [0.25, 0.3) is 0 Å². The Balaban J connectivity index is 2.88. The molecule has 0 spiro atoms. The minimum Gasteiger partial charge on any atom is -0.303 e. The predicted molar refractivity (Wildman–Crippen MR) is 86.7 cm³/mol. The quantitative estimate of drug-likeness (QED) is 0.476. The molecule has 3 heteroatoms. The molecule has 1 aromatic carbocycles. The molecule has 0 aliphatic heterocycles. The van der Waals surface area contributed by atoms with Crippen molar-refractivity contribution in [2.75, 3.05) is 0 Å². The van der Waals surface area contributed by atoms with E-state index in [-0.39, 0.29) is 5.92 Å². The van der Waals surface area contributed by atoms with Crippen LogP contribution < -0.4 is 0 Å². The van der Waals surface area contributed by atoms with Crippen molar-refractivity contribution in [3.63, 3.8) is 0 Å². The van der Waals surface area contributed by atoms with Crippen LogP contribution in [0.15, 0.2) is 24.3 Å². The standard InChI is InChI=1S/C17H26FOP/c1-4-6-14(10-9-13(2)12-19)15-7-5-8-16(11-15)17(3,18)20/h5,7-8,11-14H,4,6,9-10,20H2,1-3H3. The monoisotopic (exact) mass is 296 g/mol. The highest BCUT2D eigenvalue weighted by Gasteiger charge is 2.20. The van der Waals surface area contributed by atoms with Crippen LogP contribution in [0.5, 0.6) is 0 Å². The van der Waals surface area contributed by atoms with Crippen molar-refractivity contribution < 1.29 is 9.18 Å². The SMILES string of the molecule is CCCC(CCC(C)C=O)c1cccc(C(C)(F)P)c1. The van der Waals surface area contributed by atoms with Gasteiger partial charge in [-0.05, 0) is 43.2 Å². The second-order valence-corrected chi connectivity index (χ2v) is 6.96. The van der Waals surface area contributed by atoms with E-state index < -0.39 is 5.41 Å². The maximum Gasteiger partial charge on any atom is 0.145 e. The van der Waals surface area contributed by atoms with Crippen molar-refractivity contribution >= 4 is 15.5 Å². The molecule has 4 unspecified atom stereocenters. The fourth-order valence-corrected chi connectivity index (χ4v) is 2.63. The minimum absolute atomic E-state index is 0.103. The Morgan fingerprint density at radius 3 is 2.60 bits per heavy atom. The van der Waals surface area contributed by atoms with E-state index in [1.807, 2.05) is 25.1 Å². The summed E-state index contributed by atoms with van der Waals surface area (Å²) in [5, 5.41) is -1.39. The highest BCUT2D eigenvalue weighted by Crippen LogP contribution is 2.35. The maximum atomic E-state index is 14.0. The first kappa shape index (κ1) is 17.3.